The molecule has 3 N–H and O–H groups in total. The van der Waals surface area contributed by atoms with Gasteiger partial charge in [-0.15, -0.1) is 0 Å². The summed E-state index contributed by atoms with van der Waals surface area (Å²) < 4.78 is 32.8. The molecule has 326 valence electrons. The molecular weight excluding hydrogens is 713 g/mol. The van der Waals surface area contributed by atoms with Crippen molar-refractivity contribution in [1.29, 1.82) is 0 Å². The molecule has 0 radical (unpaired) electrons. The van der Waals surface area contributed by atoms with E-state index in [0.29, 0.717) is 6.42 Å². The Balaban J connectivity index is 4.01. The van der Waals surface area contributed by atoms with Crippen LogP contribution in [0.3, 0.4) is 0 Å². The molecule has 0 aromatic carbocycles. The van der Waals surface area contributed by atoms with Crippen LogP contribution in [0.1, 0.15) is 232 Å². The molecule has 0 aromatic rings. The van der Waals surface area contributed by atoms with Gasteiger partial charge in [-0.1, -0.05) is 193 Å². The van der Waals surface area contributed by atoms with Gasteiger partial charge in [-0.05, 0) is 38.5 Å². The third-order valence-electron chi connectivity index (χ3n) is 10.2. The van der Waals surface area contributed by atoms with E-state index in [-0.39, 0.29) is 38.6 Å². The summed E-state index contributed by atoms with van der Waals surface area (Å²) in [5.41, 5.74) is 5.35. The number of esters is 2. The Morgan fingerprint density at radius 3 is 1.33 bits per heavy atom. The van der Waals surface area contributed by atoms with Crippen LogP contribution in [0.5, 0.6) is 0 Å². The highest BCUT2D eigenvalue weighted by Crippen LogP contribution is 2.43. The van der Waals surface area contributed by atoms with E-state index in [1.165, 1.54) is 148 Å². The predicted octanol–water partition coefficient (Wildman–Crippen LogP) is 13.4. The second-order valence-corrected chi connectivity index (χ2v) is 17.1. The smallest absolute Gasteiger partial charge is 0.462 e. The van der Waals surface area contributed by atoms with Gasteiger partial charge in [0.05, 0.1) is 13.2 Å². The van der Waals surface area contributed by atoms with Gasteiger partial charge in [0.15, 0.2) is 6.10 Å². The Bertz CT molecular complexity index is 917. The second-order valence-electron chi connectivity index (χ2n) is 15.6. The highest BCUT2D eigenvalue weighted by molar-refractivity contribution is 7.47. The molecule has 0 rings (SSSR count). The van der Waals surface area contributed by atoms with Gasteiger partial charge in [0.1, 0.15) is 6.61 Å². The number of rotatable bonds is 44. The van der Waals surface area contributed by atoms with Crippen LogP contribution in [0.15, 0.2) is 12.2 Å². The summed E-state index contributed by atoms with van der Waals surface area (Å²) in [7, 11) is -4.37. The van der Waals surface area contributed by atoms with Crippen molar-refractivity contribution in [3.05, 3.63) is 12.2 Å². The van der Waals surface area contributed by atoms with E-state index < -0.39 is 26.5 Å². The van der Waals surface area contributed by atoms with Gasteiger partial charge >= 0.3 is 19.8 Å². The van der Waals surface area contributed by atoms with Gasteiger partial charge in [0.2, 0.25) is 0 Å². The van der Waals surface area contributed by atoms with Gasteiger partial charge in [-0.25, -0.2) is 4.57 Å². The lowest BCUT2D eigenvalue weighted by atomic mass is 10.0. The molecule has 0 amide bonds. The van der Waals surface area contributed by atoms with Crippen molar-refractivity contribution in [2.75, 3.05) is 26.4 Å². The van der Waals surface area contributed by atoms with E-state index in [1.807, 2.05) is 0 Å². The first-order valence-corrected chi connectivity index (χ1v) is 24.7. The Hall–Kier alpha value is -1.25. The SMILES string of the molecule is CCCCC/C=C/CCCCCCCC(=O)OC[C@H](COP(=O)(O)OCCN)OC(=O)CCCCCCCCCCCCCCCCCCCCCCCC. The number of carbonyl (C=O) groups excluding carboxylic acids is 2. The molecular formula is C45H88NO8P. The van der Waals surface area contributed by atoms with Crippen molar-refractivity contribution in [2.24, 2.45) is 5.73 Å². The summed E-state index contributed by atoms with van der Waals surface area (Å²) in [5.74, 6) is -0.827. The molecule has 0 aliphatic heterocycles. The maximum atomic E-state index is 12.6. The summed E-state index contributed by atoms with van der Waals surface area (Å²) in [6, 6.07) is 0. The molecule has 0 heterocycles. The Morgan fingerprint density at radius 2 is 0.891 bits per heavy atom. The number of hydrogen-bond donors (Lipinski definition) is 2. The lowest BCUT2D eigenvalue weighted by Gasteiger charge is -2.19. The highest BCUT2D eigenvalue weighted by atomic mass is 31.2. The van der Waals surface area contributed by atoms with Crippen LogP contribution >= 0.6 is 7.82 Å². The largest absolute Gasteiger partial charge is 0.472 e. The van der Waals surface area contributed by atoms with Crippen LogP contribution in [0.25, 0.3) is 0 Å². The molecule has 0 saturated carbocycles. The Morgan fingerprint density at radius 1 is 0.527 bits per heavy atom. The monoisotopic (exact) mass is 802 g/mol. The minimum absolute atomic E-state index is 0.0552. The Kier molecular flexibility index (Phi) is 41.4. The first-order chi connectivity index (χ1) is 26.8. The van der Waals surface area contributed by atoms with E-state index in [9.17, 15) is 19.0 Å². The number of hydrogen-bond acceptors (Lipinski definition) is 8. The van der Waals surface area contributed by atoms with Crippen molar-refractivity contribution in [1.82, 2.24) is 0 Å². The van der Waals surface area contributed by atoms with Crippen LogP contribution in [0, 0.1) is 0 Å². The zero-order valence-electron chi connectivity index (χ0n) is 35.9. The van der Waals surface area contributed by atoms with E-state index in [2.05, 4.69) is 26.0 Å². The summed E-state index contributed by atoms with van der Waals surface area (Å²) in [4.78, 5) is 34.9. The maximum absolute atomic E-state index is 12.6. The minimum atomic E-state index is -4.37. The molecule has 2 atom stereocenters. The van der Waals surface area contributed by atoms with Crippen LogP contribution in [0.4, 0.5) is 0 Å². The van der Waals surface area contributed by atoms with Gasteiger partial charge in [0.25, 0.3) is 0 Å². The standard InChI is InChI=1S/C45H88NO8P/c1-3-5-7-9-11-13-15-17-18-19-20-21-22-23-24-25-26-28-30-32-34-36-38-45(48)54-43(42-53-55(49,50)52-40-39-46)41-51-44(47)37-35-33-31-29-27-16-14-12-10-8-6-4-2/h12,14,43H,3-11,13,15-42,46H2,1-2H3,(H,49,50)/b14-12+/t43-/m1/s1. The number of nitrogens with two attached hydrogens (primary N) is 1. The van der Waals surface area contributed by atoms with E-state index >= 15 is 0 Å². The van der Waals surface area contributed by atoms with Crippen LogP contribution < -0.4 is 5.73 Å². The lowest BCUT2D eigenvalue weighted by Crippen LogP contribution is -2.29. The van der Waals surface area contributed by atoms with Crippen LogP contribution in [0.2, 0.25) is 0 Å². The van der Waals surface area contributed by atoms with Crippen molar-refractivity contribution in [3.63, 3.8) is 0 Å². The normalized spacial score (nSPS) is 13.3. The van der Waals surface area contributed by atoms with Crippen LogP contribution in [-0.4, -0.2) is 49.3 Å². The summed E-state index contributed by atoms with van der Waals surface area (Å²) >= 11 is 0. The zero-order valence-corrected chi connectivity index (χ0v) is 36.8. The molecule has 55 heavy (non-hydrogen) atoms. The fraction of sp³-hybridized carbons (Fsp3) is 0.911. The molecule has 0 saturated heterocycles. The van der Waals surface area contributed by atoms with Crippen LogP contribution in [-0.2, 0) is 32.7 Å². The fourth-order valence-electron chi connectivity index (χ4n) is 6.69. The topological polar surface area (TPSA) is 134 Å². The molecule has 0 bridgehead atoms. The van der Waals surface area contributed by atoms with Crippen molar-refractivity contribution >= 4 is 19.8 Å². The second kappa shape index (κ2) is 42.4. The molecule has 0 aliphatic carbocycles. The molecule has 9 nitrogen and oxygen atoms in total. The van der Waals surface area contributed by atoms with Gasteiger partial charge < -0.3 is 20.1 Å². The van der Waals surface area contributed by atoms with Gasteiger partial charge in [-0.2, -0.15) is 0 Å². The maximum Gasteiger partial charge on any atom is 0.472 e. The van der Waals surface area contributed by atoms with E-state index in [0.717, 1.165) is 51.4 Å². The predicted molar refractivity (Wildman–Crippen MR) is 229 cm³/mol. The highest BCUT2D eigenvalue weighted by Gasteiger charge is 2.26. The zero-order chi connectivity index (χ0) is 40.3. The summed E-state index contributed by atoms with van der Waals surface area (Å²) in [6.45, 7) is 3.73. The molecule has 0 aromatic heterocycles. The first-order valence-electron chi connectivity index (χ1n) is 23.2. The van der Waals surface area contributed by atoms with Crippen molar-refractivity contribution in [2.45, 2.75) is 238 Å². The molecule has 0 spiro atoms. The average molecular weight is 802 g/mol. The summed E-state index contributed by atoms with van der Waals surface area (Å²) in [6.07, 6.45) is 43.9. The van der Waals surface area contributed by atoms with E-state index in [4.69, 9.17) is 24.3 Å². The molecule has 0 fully saturated rings. The number of unbranched alkanes of at least 4 members (excludes halogenated alkanes) is 29. The lowest BCUT2D eigenvalue weighted by molar-refractivity contribution is -0.161. The van der Waals surface area contributed by atoms with E-state index in [1.54, 1.807) is 0 Å². The first kappa shape index (κ1) is 53.8. The summed E-state index contributed by atoms with van der Waals surface area (Å²) in [5, 5.41) is 0. The number of allylic oxidation sites excluding steroid dienone is 2. The number of phosphoric acid groups is 1. The number of phosphoric ester groups is 1. The third-order valence-corrected chi connectivity index (χ3v) is 11.1. The molecule has 1 unspecified atom stereocenters. The molecule has 0 aliphatic rings. The molecule has 10 heteroatoms. The quantitative estimate of drug-likeness (QED) is 0.0267. The Labute approximate surface area is 339 Å². The van der Waals surface area contributed by atoms with Crippen molar-refractivity contribution < 1.29 is 37.6 Å². The van der Waals surface area contributed by atoms with Gasteiger partial charge in [-0.3, -0.25) is 18.6 Å². The van der Waals surface area contributed by atoms with Crippen molar-refractivity contribution in [3.8, 4) is 0 Å². The minimum Gasteiger partial charge on any atom is -0.462 e. The number of carbonyl (C=O) groups is 2. The fourth-order valence-corrected chi connectivity index (χ4v) is 7.45. The average Bonchev–Trinajstić information content (AvgIpc) is 3.17. The number of ether oxygens (including phenoxy) is 2. The van der Waals surface area contributed by atoms with Gasteiger partial charge in [0, 0.05) is 19.4 Å². The third kappa shape index (κ3) is 42.2.